The van der Waals surface area contributed by atoms with E-state index in [2.05, 4.69) is 15.2 Å². The molecule has 8 nitrogen and oxygen atoms in total. The lowest BCUT2D eigenvalue weighted by Crippen LogP contribution is -2.21. The van der Waals surface area contributed by atoms with Gasteiger partial charge in [-0.3, -0.25) is 4.79 Å². The Balaban J connectivity index is 1.62. The second kappa shape index (κ2) is 9.04. The van der Waals surface area contributed by atoms with Crippen LogP contribution in [0.3, 0.4) is 0 Å². The van der Waals surface area contributed by atoms with Gasteiger partial charge in [0.25, 0.3) is 5.91 Å². The summed E-state index contributed by atoms with van der Waals surface area (Å²) in [6, 6.07) is 15.3. The molecule has 3 rings (SSSR count). The van der Waals surface area contributed by atoms with Gasteiger partial charge in [-0.1, -0.05) is 18.2 Å². The maximum absolute atomic E-state index is 12.3. The molecule has 1 N–H and O–H groups in total. The molecule has 0 aliphatic carbocycles. The van der Waals surface area contributed by atoms with Gasteiger partial charge in [-0.15, -0.1) is 0 Å². The molecular weight excluding hydrogens is 386 g/mol. The van der Waals surface area contributed by atoms with Crippen molar-refractivity contribution in [2.75, 3.05) is 19.0 Å². The Morgan fingerprint density at radius 1 is 0.933 bits per heavy atom. The third-order valence-corrected chi connectivity index (χ3v) is 4.43. The molecule has 0 saturated heterocycles. The average Bonchev–Trinajstić information content (AvgIpc) is 3.05. The van der Waals surface area contributed by atoms with Gasteiger partial charge in [0, 0.05) is 0 Å². The van der Waals surface area contributed by atoms with Crippen LogP contribution in [-0.4, -0.2) is 41.3 Å². The number of esters is 2. The third-order valence-electron chi connectivity index (χ3n) is 4.43. The molecule has 3 aromatic rings. The van der Waals surface area contributed by atoms with Gasteiger partial charge in [-0.25, -0.2) is 14.3 Å². The number of nitrogens with one attached hydrogen (secondary N) is 1. The minimum absolute atomic E-state index is 0.222. The molecule has 1 amide bonds. The Kier molecular flexibility index (Phi) is 6.26. The first-order valence-electron chi connectivity index (χ1n) is 9.17. The lowest BCUT2D eigenvalue weighted by Gasteiger charge is -2.08. The van der Waals surface area contributed by atoms with E-state index in [9.17, 15) is 14.4 Å². The maximum atomic E-state index is 12.3. The number of ether oxygens (including phenoxy) is 2. The van der Waals surface area contributed by atoms with Gasteiger partial charge in [0.05, 0.1) is 41.0 Å². The highest BCUT2D eigenvalue weighted by Gasteiger charge is 2.17. The number of methoxy groups -OCH3 is 1. The first-order chi connectivity index (χ1) is 14.4. The van der Waals surface area contributed by atoms with Gasteiger partial charge in [0.15, 0.2) is 6.61 Å². The van der Waals surface area contributed by atoms with Crippen LogP contribution >= 0.6 is 0 Å². The number of aromatic nitrogens is 2. The van der Waals surface area contributed by atoms with Crippen LogP contribution in [0.4, 0.5) is 5.69 Å². The number of carbonyl (C=O) groups excluding carboxylic acids is 3. The molecule has 0 unspecified atom stereocenters. The lowest BCUT2D eigenvalue weighted by molar-refractivity contribution is -0.119. The average molecular weight is 407 g/mol. The maximum Gasteiger partial charge on any atom is 0.338 e. The summed E-state index contributed by atoms with van der Waals surface area (Å²) in [4.78, 5) is 35.9. The van der Waals surface area contributed by atoms with E-state index in [1.165, 1.54) is 31.4 Å². The van der Waals surface area contributed by atoms with E-state index in [0.717, 1.165) is 11.4 Å². The van der Waals surface area contributed by atoms with Crippen LogP contribution in [0.5, 0.6) is 0 Å². The molecule has 1 aromatic heterocycles. The van der Waals surface area contributed by atoms with Crippen molar-refractivity contribution in [2.24, 2.45) is 0 Å². The van der Waals surface area contributed by atoms with Crippen LogP contribution in [0.15, 0.2) is 54.6 Å². The summed E-state index contributed by atoms with van der Waals surface area (Å²) in [5, 5.41) is 7.21. The standard InChI is InChI=1S/C22H21N3O5/c1-14-20(15(2)25(24-14)18-7-5-4-6-8-18)23-19(26)13-30-22(28)17-11-9-16(10-12-17)21(27)29-3/h4-12H,13H2,1-3H3,(H,23,26). The van der Waals surface area contributed by atoms with E-state index in [4.69, 9.17) is 4.74 Å². The van der Waals surface area contributed by atoms with Crippen LogP contribution in [-0.2, 0) is 14.3 Å². The van der Waals surface area contributed by atoms with Crippen molar-refractivity contribution in [3.63, 3.8) is 0 Å². The van der Waals surface area contributed by atoms with Gasteiger partial charge >= 0.3 is 11.9 Å². The Morgan fingerprint density at radius 3 is 2.13 bits per heavy atom. The zero-order valence-electron chi connectivity index (χ0n) is 16.8. The van der Waals surface area contributed by atoms with Gasteiger partial charge in [-0.2, -0.15) is 5.10 Å². The molecule has 30 heavy (non-hydrogen) atoms. The summed E-state index contributed by atoms with van der Waals surface area (Å²) >= 11 is 0. The molecule has 2 aromatic carbocycles. The summed E-state index contributed by atoms with van der Waals surface area (Å²) < 4.78 is 11.4. The molecule has 0 radical (unpaired) electrons. The Labute approximate surface area is 173 Å². The number of aryl methyl sites for hydroxylation is 1. The van der Waals surface area contributed by atoms with E-state index in [-0.39, 0.29) is 5.56 Å². The Hall–Kier alpha value is -3.94. The molecular formula is C22H21N3O5. The number of benzene rings is 2. The summed E-state index contributed by atoms with van der Waals surface area (Å²) in [5.74, 6) is -1.65. The predicted molar refractivity (Wildman–Crippen MR) is 110 cm³/mol. The number of carbonyl (C=O) groups is 3. The first kappa shape index (κ1) is 20.8. The fraction of sp³-hybridized carbons (Fsp3) is 0.182. The van der Waals surface area contributed by atoms with E-state index in [0.29, 0.717) is 16.9 Å². The summed E-state index contributed by atoms with van der Waals surface area (Å²) in [7, 11) is 1.27. The minimum atomic E-state index is -0.671. The van der Waals surface area contributed by atoms with E-state index < -0.39 is 24.5 Å². The highest BCUT2D eigenvalue weighted by Crippen LogP contribution is 2.22. The normalized spacial score (nSPS) is 10.4. The highest BCUT2D eigenvalue weighted by atomic mass is 16.5. The Morgan fingerprint density at radius 2 is 1.53 bits per heavy atom. The van der Waals surface area contributed by atoms with Crippen LogP contribution in [0.25, 0.3) is 5.69 Å². The minimum Gasteiger partial charge on any atom is -0.465 e. The van der Waals surface area contributed by atoms with E-state index >= 15 is 0 Å². The fourth-order valence-electron chi connectivity index (χ4n) is 2.89. The number of nitrogens with zero attached hydrogens (tertiary/aromatic N) is 2. The number of para-hydroxylation sites is 1. The zero-order chi connectivity index (χ0) is 21.7. The molecule has 0 spiro atoms. The molecule has 0 bridgehead atoms. The predicted octanol–water partition coefficient (Wildman–Crippen LogP) is 3.07. The van der Waals surface area contributed by atoms with Crippen LogP contribution in [0.2, 0.25) is 0 Å². The zero-order valence-corrected chi connectivity index (χ0v) is 16.8. The molecule has 1 heterocycles. The quantitative estimate of drug-likeness (QED) is 0.631. The largest absolute Gasteiger partial charge is 0.465 e. The van der Waals surface area contributed by atoms with Crippen molar-refractivity contribution in [3.8, 4) is 5.69 Å². The van der Waals surface area contributed by atoms with Crippen molar-refractivity contribution >= 4 is 23.5 Å². The van der Waals surface area contributed by atoms with Gasteiger partial charge in [0.1, 0.15) is 0 Å². The van der Waals surface area contributed by atoms with Gasteiger partial charge in [0.2, 0.25) is 0 Å². The number of hydrogen-bond donors (Lipinski definition) is 1. The van der Waals surface area contributed by atoms with Crippen molar-refractivity contribution in [1.29, 1.82) is 0 Å². The second-order valence-corrected chi connectivity index (χ2v) is 6.49. The molecule has 8 heteroatoms. The van der Waals surface area contributed by atoms with Crippen LogP contribution in [0.1, 0.15) is 32.1 Å². The van der Waals surface area contributed by atoms with Crippen molar-refractivity contribution in [1.82, 2.24) is 9.78 Å². The summed E-state index contributed by atoms with van der Waals surface area (Å²) in [5.41, 5.74) is 3.39. The van der Waals surface area contributed by atoms with E-state index in [1.54, 1.807) is 11.6 Å². The topological polar surface area (TPSA) is 99.5 Å². The van der Waals surface area contributed by atoms with Crippen LogP contribution < -0.4 is 5.32 Å². The highest BCUT2D eigenvalue weighted by molar-refractivity contribution is 5.97. The van der Waals surface area contributed by atoms with Crippen molar-refractivity contribution in [3.05, 3.63) is 77.1 Å². The molecule has 0 atom stereocenters. The number of hydrogen-bond acceptors (Lipinski definition) is 6. The van der Waals surface area contributed by atoms with Gasteiger partial charge in [-0.05, 0) is 50.2 Å². The third kappa shape index (κ3) is 4.54. The summed E-state index contributed by atoms with van der Waals surface area (Å²) in [6.45, 7) is 3.18. The van der Waals surface area contributed by atoms with Crippen molar-refractivity contribution < 1.29 is 23.9 Å². The first-order valence-corrected chi connectivity index (χ1v) is 9.17. The monoisotopic (exact) mass is 407 g/mol. The summed E-state index contributed by atoms with van der Waals surface area (Å²) in [6.07, 6.45) is 0. The van der Waals surface area contributed by atoms with Gasteiger partial charge < -0.3 is 14.8 Å². The van der Waals surface area contributed by atoms with E-state index in [1.807, 2.05) is 37.3 Å². The SMILES string of the molecule is COC(=O)c1ccc(C(=O)OCC(=O)Nc2c(C)nn(-c3ccccc3)c2C)cc1. The van der Waals surface area contributed by atoms with Crippen molar-refractivity contribution in [2.45, 2.75) is 13.8 Å². The smallest absolute Gasteiger partial charge is 0.338 e. The lowest BCUT2D eigenvalue weighted by atomic mass is 10.1. The number of anilines is 1. The Bertz CT molecular complexity index is 1070. The molecule has 0 saturated carbocycles. The fourth-order valence-corrected chi connectivity index (χ4v) is 2.89. The molecule has 154 valence electrons. The van der Waals surface area contributed by atoms with Crippen LogP contribution in [0, 0.1) is 13.8 Å². The molecule has 0 aliphatic heterocycles. The number of rotatable bonds is 6. The second-order valence-electron chi connectivity index (χ2n) is 6.49. The molecule has 0 aliphatic rings. The number of amides is 1. The molecule has 0 fully saturated rings.